The summed E-state index contributed by atoms with van der Waals surface area (Å²) < 4.78 is 23.6. The van der Waals surface area contributed by atoms with Gasteiger partial charge < -0.3 is 37.0 Å². The van der Waals surface area contributed by atoms with E-state index in [2.05, 4.69) is 109 Å². The molecule has 20 heteroatoms. The predicted molar refractivity (Wildman–Crippen MR) is 478 cm³/mol. The fourth-order valence-electron chi connectivity index (χ4n) is 4.25. The maximum Gasteiger partial charge on any atom is 0.190 e. The van der Waals surface area contributed by atoms with Crippen molar-refractivity contribution in [1.82, 2.24) is 49.8 Å². The third kappa shape index (κ3) is 123. The number of aromatic amines is 3. The first-order valence-corrected chi connectivity index (χ1v) is 41.4. The Morgan fingerprint density at radius 2 is 0.981 bits per heavy atom. The highest BCUT2D eigenvalue weighted by Crippen LogP contribution is 2.04. The van der Waals surface area contributed by atoms with Crippen molar-refractivity contribution < 1.29 is 22.1 Å². The van der Waals surface area contributed by atoms with Crippen LogP contribution < -0.4 is 0 Å². The fraction of sp³-hybridized carbons (Fsp3) is 0.471. The molecular weight excluding hydrogens is 1400 g/mol. The molecule has 0 unspecified atom stereocenters. The highest BCUT2D eigenvalue weighted by Gasteiger charge is 1.82. The highest BCUT2D eigenvalue weighted by molar-refractivity contribution is 7.10. The SMILES string of the molecule is C.CC.CC.CC.CC.CC.CC.CC.CC.CC.CC.CC.CC.CC.Cc1cc[nH]c1.Cc1ccc[nH]1.Cc1ccco1.Cc1cccs1.Cc1ccoc1.Cc1ccsc1.Cc1cnco1.Cc1cncs1.Cc1cocn1.Cc1cscn1.Cc1ncc[nH]1.Cc1ncco1.Cc1nccs1. The summed E-state index contributed by atoms with van der Waals surface area (Å²) in [5.41, 5.74) is 10.7. The molecule has 0 atom stereocenters. The Hall–Kier alpha value is -7.75. The second-order valence-electron chi connectivity index (χ2n) is 15.6. The summed E-state index contributed by atoms with van der Waals surface area (Å²) in [6.45, 7) is 77.6. The van der Waals surface area contributed by atoms with E-state index in [9.17, 15) is 0 Å². The molecule has 0 saturated carbocycles. The van der Waals surface area contributed by atoms with Crippen LogP contribution in [0.5, 0.6) is 0 Å². The lowest BCUT2D eigenvalue weighted by Crippen LogP contribution is -1.66. The summed E-state index contributed by atoms with van der Waals surface area (Å²) in [6.07, 6.45) is 27.3. The molecule has 3 N–H and O–H groups in total. The van der Waals surface area contributed by atoms with Crippen molar-refractivity contribution in [3.8, 4) is 0 Å². The molecule has 0 aliphatic carbocycles. The number of furan rings is 2. The van der Waals surface area contributed by atoms with E-state index in [4.69, 9.17) is 17.7 Å². The monoisotopic (exact) mass is 1560 g/mol. The van der Waals surface area contributed by atoms with Crippen molar-refractivity contribution in [3.05, 3.63) is 264 Å². The molecule has 13 rings (SSSR count). The molecule has 0 radical (unpaired) electrons. The van der Waals surface area contributed by atoms with Gasteiger partial charge in [-0.3, -0.25) is 15.0 Å². The lowest BCUT2D eigenvalue weighted by atomic mass is 10.4. The molecular formula is C85H156N10O5S5. The summed E-state index contributed by atoms with van der Waals surface area (Å²) in [7, 11) is 0. The molecule has 0 saturated heterocycles. The van der Waals surface area contributed by atoms with Crippen LogP contribution in [0.1, 0.15) is 259 Å². The summed E-state index contributed by atoms with van der Waals surface area (Å²) in [6, 6.07) is 18.0. The van der Waals surface area contributed by atoms with Crippen molar-refractivity contribution in [1.29, 1.82) is 0 Å². The summed E-state index contributed by atoms with van der Waals surface area (Å²) in [4.78, 5) is 38.2. The number of aryl methyl sites for hydroxylation is 13. The van der Waals surface area contributed by atoms with E-state index >= 15 is 0 Å². The number of thiophene rings is 2. The van der Waals surface area contributed by atoms with Gasteiger partial charge in [-0.25, -0.2) is 19.9 Å². The first-order valence-electron chi connectivity index (χ1n) is 36.9. The lowest BCUT2D eigenvalue weighted by molar-refractivity contribution is 0.521. The Bertz CT molecular complexity index is 2230. The van der Waals surface area contributed by atoms with Gasteiger partial charge in [0.25, 0.3) is 0 Å². The molecule has 606 valence electrons. The Kier molecular flexibility index (Phi) is 156. The van der Waals surface area contributed by atoms with Crippen molar-refractivity contribution in [3.63, 3.8) is 0 Å². The topological polar surface area (TPSA) is 203 Å². The van der Waals surface area contributed by atoms with Crippen LogP contribution in [0.4, 0.5) is 0 Å². The number of rotatable bonds is 0. The van der Waals surface area contributed by atoms with E-state index in [0.717, 1.165) is 39.6 Å². The van der Waals surface area contributed by atoms with Gasteiger partial charge in [0.2, 0.25) is 0 Å². The molecule has 105 heavy (non-hydrogen) atoms. The number of nitrogens with one attached hydrogen (secondary N) is 3. The number of thiazole rings is 3. The van der Waals surface area contributed by atoms with Crippen molar-refractivity contribution in [2.75, 3.05) is 0 Å². The molecule has 0 amide bonds. The predicted octanol–water partition coefficient (Wildman–Crippen LogP) is 31.9. The Labute approximate surface area is 665 Å². The molecule has 0 aromatic carbocycles. The quantitative estimate of drug-likeness (QED) is 0.130. The molecule has 15 nitrogen and oxygen atoms in total. The fourth-order valence-corrected chi connectivity index (χ4v) is 6.84. The van der Waals surface area contributed by atoms with Crippen LogP contribution in [0, 0.1) is 90.0 Å². The second kappa shape index (κ2) is 126. The van der Waals surface area contributed by atoms with Gasteiger partial charge in [0.05, 0.1) is 52.9 Å². The van der Waals surface area contributed by atoms with E-state index in [0.29, 0.717) is 0 Å². The van der Waals surface area contributed by atoms with Crippen molar-refractivity contribution in [2.24, 2.45) is 0 Å². The molecule has 0 aliphatic rings. The van der Waals surface area contributed by atoms with Crippen LogP contribution >= 0.6 is 56.7 Å². The average Bonchev–Trinajstić information content (AvgIpc) is 4.52. The molecule has 0 spiro atoms. The van der Waals surface area contributed by atoms with Gasteiger partial charge in [0.1, 0.15) is 29.9 Å². The number of aromatic nitrogens is 10. The molecule has 0 aliphatic heterocycles. The standard InChI is InChI=1S/2C5H7N.2C5H6O.2C5H6S.C4H6N2.3C4H5NO.3C4H5NS.13C2H6.CH4/c1-5-2-3-6-4-5;1-5-3-2-4-6-5;1-5-2-3-6-4-5;1-5-3-2-4-6-5;1-5-2-3-6-4-5;1-5-3-2-4-6-5;1-4-5-2-3-6-4;1-4-2-6-3-5-4;1-4-2-5-3-6-4;1-4-5-2-3-6-4;1-4-2-6-3-5-4;1-4-2-5-3-6-4;1-4-5-2-3-6-4;13*1-2;/h2*2-4,6H,1H3;4*2-4H,1H3;2-3H,1H3,(H,5,6);6*2-3H,1H3;13*1-2H3;1H4. The van der Waals surface area contributed by atoms with Crippen LogP contribution in [0.25, 0.3) is 0 Å². The zero-order valence-electron chi connectivity index (χ0n) is 72.7. The van der Waals surface area contributed by atoms with Gasteiger partial charge in [-0.05, 0) is 164 Å². The van der Waals surface area contributed by atoms with Gasteiger partial charge in [0, 0.05) is 82.2 Å². The molecule has 13 aromatic rings. The summed E-state index contributed by atoms with van der Waals surface area (Å²) >= 11 is 8.48. The minimum absolute atomic E-state index is 0. The van der Waals surface area contributed by atoms with Crippen molar-refractivity contribution >= 4 is 56.7 Å². The largest absolute Gasteiger partial charge is 0.472 e. The maximum absolute atomic E-state index is 4.83. The van der Waals surface area contributed by atoms with Gasteiger partial charge in [-0.15, -0.1) is 45.3 Å². The highest BCUT2D eigenvalue weighted by atomic mass is 32.1. The number of imidazole rings is 1. The third-order valence-electron chi connectivity index (χ3n) is 8.13. The normalized spacial score (nSPS) is 7.30. The van der Waals surface area contributed by atoms with Crippen molar-refractivity contribution in [2.45, 2.75) is 277 Å². The number of oxazole rings is 3. The second-order valence-corrected chi connectivity index (χ2v) is 20.4. The molecule has 0 bridgehead atoms. The van der Waals surface area contributed by atoms with E-state index < -0.39 is 0 Å². The van der Waals surface area contributed by atoms with E-state index in [1.165, 1.54) is 44.9 Å². The smallest absolute Gasteiger partial charge is 0.190 e. The molecule has 0 fully saturated rings. The van der Waals surface area contributed by atoms with E-state index in [1.54, 1.807) is 126 Å². The first kappa shape index (κ1) is 130. The zero-order valence-corrected chi connectivity index (χ0v) is 76.8. The zero-order chi connectivity index (χ0) is 83.3. The molecule has 13 aromatic heterocycles. The van der Waals surface area contributed by atoms with Crippen LogP contribution in [-0.2, 0) is 0 Å². The number of nitrogens with zero attached hydrogens (tertiary/aromatic N) is 7. The Morgan fingerprint density at radius 3 is 1.10 bits per heavy atom. The Balaban J connectivity index is -0.0000000693. The minimum Gasteiger partial charge on any atom is -0.472 e. The maximum atomic E-state index is 4.83. The van der Waals surface area contributed by atoms with Crippen LogP contribution in [0.15, 0.2) is 214 Å². The van der Waals surface area contributed by atoms with Crippen LogP contribution in [-0.4, -0.2) is 49.8 Å². The third-order valence-corrected chi connectivity index (χ3v) is 11.8. The first-order chi connectivity index (χ1) is 50.6. The number of H-pyrrole nitrogens is 3. The van der Waals surface area contributed by atoms with Gasteiger partial charge >= 0.3 is 0 Å². The van der Waals surface area contributed by atoms with Gasteiger partial charge in [0.15, 0.2) is 18.7 Å². The minimum atomic E-state index is 0. The lowest BCUT2D eigenvalue weighted by Gasteiger charge is -1.70. The Morgan fingerprint density at radius 1 is 0.362 bits per heavy atom. The molecule has 13 heterocycles. The number of hydrogen-bond acceptors (Lipinski definition) is 17. The number of hydrogen-bond donors (Lipinski definition) is 3. The van der Waals surface area contributed by atoms with Gasteiger partial charge in [-0.2, -0.15) is 11.3 Å². The van der Waals surface area contributed by atoms with E-state index in [-0.39, 0.29) is 7.43 Å². The summed E-state index contributed by atoms with van der Waals surface area (Å²) in [5.74, 6) is 3.51. The van der Waals surface area contributed by atoms with E-state index in [1.807, 2.05) is 325 Å². The van der Waals surface area contributed by atoms with Crippen LogP contribution in [0.2, 0.25) is 0 Å². The van der Waals surface area contributed by atoms with Gasteiger partial charge in [-0.1, -0.05) is 194 Å². The summed E-state index contributed by atoms with van der Waals surface area (Å²) in [5, 5.41) is 11.4. The average molecular weight is 1560 g/mol. The van der Waals surface area contributed by atoms with Crippen LogP contribution in [0.3, 0.4) is 0 Å².